The van der Waals surface area contributed by atoms with E-state index >= 15 is 0 Å². The molecule has 2 amide bonds. The molecule has 4 rings (SSSR count). The Morgan fingerprint density at radius 3 is 2.29 bits per heavy atom. The smallest absolute Gasteiger partial charge is 0.268 e. The van der Waals surface area contributed by atoms with Gasteiger partial charge in [0, 0.05) is 14.8 Å². The van der Waals surface area contributed by atoms with Crippen LogP contribution in [-0.4, -0.2) is 16.0 Å². The zero-order valence-corrected chi connectivity index (χ0v) is 18.5. The molecule has 0 unspecified atom stereocenters. The predicted molar refractivity (Wildman–Crippen MR) is 125 cm³/mol. The number of nitrogens with zero attached hydrogens (tertiary/aromatic N) is 2. The fraction of sp³-hybridized carbons (Fsp3) is 0.0417. The Balaban J connectivity index is 1.47. The largest absolute Gasteiger partial charge is 0.293 e. The standard InChI is InChI=1S/C24H15ClN2O2S2/c25-19-7-11-21(12-8-19)30-20-9-5-16(6-10-20)13-22-23(28)27(24(29)31-22)15-18-4-2-1-3-17(18)14-26/h1-13H,15H2/b22-13+. The normalized spacial score (nSPS) is 14.8. The molecule has 0 aromatic heterocycles. The molecule has 3 aromatic carbocycles. The molecule has 3 aromatic rings. The SMILES string of the molecule is N#Cc1ccccc1CN1C(=O)S/C(=C/c2ccc(Sc3ccc(Cl)cc3)cc2)C1=O. The molecular formula is C24H15ClN2O2S2. The maximum atomic E-state index is 12.8. The van der Waals surface area contributed by atoms with E-state index in [0.29, 0.717) is 21.1 Å². The molecule has 0 spiro atoms. The van der Waals surface area contributed by atoms with Crippen LogP contribution >= 0.6 is 35.1 Å². The number of nitriles is 1. The zero-order valence-electron chi connectivity index (χ0n) is 16.1. The van der Waals surface area contributed by atoms with Gasteiger partial charge < -0.3 is 0 Å². The number of thioether (sulfide) groups is 1. The number of rotatable bonds is 5. The minimum Gasteiger partial charge on any atom is -0.268 e. The second kappa shape index (κ2) is 9.44. The van der Waals surface area contributed by atoms with Gasteiger partial charge in [-0.1, -0.05) is 53.7 Å². The van der Waals surface area contributed by atoms with E-state index in [1.807, 2.05) is 48.5 Å². The van der Waals surface area contributed by atoms with Crippen molar-refractivity contribution in [3.8, 4) is 6.07 Å². The van der Waals surface area contributed by atoms with Gasteiger partial charge in [0.15, 0.2) is 0 Å². The molecule has 1 fully saturated rings. The van der Waals surface area contributed by atoms with E-state index < -0.39 is 0 Å². The molecule has 31 heavy (non-hydrogen) atoms. The predicted octanol–water partition coefficient (Wildman–Crippen LogP) is 6.60. The van der Waals surface area contributed by atoms with Gasteiger partial charge in [-0.2, -0.15) is 5.26 Å². The third-order valence-electron chi connectivity index (χ3n) is 4.57. The Morgan fingerprint density at radius 2 is 1.61 bits per heavy atom. The summed E-state index contributed by atoms with van der Waals surface area (Å²) in [4.78, 5) is 28.9. The van der Waals surface area contributed by atoms with Crippen molar-refractivity contribution in [1.29, 1.82) is 5.26 Å². The average molecular weight is 463 g/mol. The zero-order chi connectivity index (χ0) is 21.8. The van der Waals surface area contributed by atoms with Crippen LogP contribution in [0, 0.1) is 11.3 Å². The third-order valence-corrected chi connectivity index (χ3v) is 6.74. The van der Waals surface area contributed by atoms with Gasteiger partial charge in [0.05, 0.1) is 23.1 Å². The van der Waals surface area contributed by atoms with Crippen LogP contribution in [0.5, 0.6) is 0 Å². The van der Waals surface area contributed by atoms with Crippen molar-refractivity contribution in [2.75, 3.05) is 0 Å². The van der Waals surface area contributed by atoms with Crippen LogP contribution in [0.3, 0.4) is 0 Å². The minimum atomic E-state index is -0.345. The maximum Gasteiger partial charge on any atom is 0.293 e. The molecule has 0 saturated carbocycles. The molecule has 0 atom stereocenters. The van der Waals surface area contributed by atoms with Crippen molar-refractivity contribution in [1.82, 2.24) is 4.90 Å². The van der Waals surface area contributed by atoms with Crippen LogP contribution < -0.4 is 0 Å². The minimum absolute atomic E-state index is 0.0857. The highest BCUT2D eigenvalue weighted by Gasteiger charge is 2.35. The van der Waals surface area contributed by atoms with Gasteiger partial charge in [-0.05, 0) is 71.4 Å². The quantitative estimate of drug-likeness (QED) is 0.400. The van der Waals surface area contributed by atoms with Crippen molar-refractivity contribution >= 4 is 52.3 Å². The number of hydrogen-bond donors (Lipinski definition) is 0. The van der Waals surface area contributed by atoms with Gasteiger partial charge >= 0.3 is 0 Å². The Kier molecular flexibility index (Phi) is 6.47. The van der Waals surface area contributed by atoms with E-state index in [4.69, 9.17) is 11.6 Å². The van der Waals surface area contributed by atoms with E-state index in [2.05, 4.69) is 6.07 Å². The number of hydrogen-bond acceptors (Lipinski definition) is 5. The lowest BCUT2D eigenvalue weighted by Gasteiger charge is -2.13. The molecule has 0 bridgehead atoms. The van der Waals surface area contributed by atoms with Gasteiger partial charge in [0.25, 0.3) is 11.1 Å². The first kappa shape index (κ1) is 21.3. The van der Waals surface area contributed by atoms with E-state index in [1.165, 1.54) is 4.90 Å². The van der Waals surface area contributed by atoms with E-state index in [9.17, 15) is 14.9 Å². The molecule has 0 N–H and O–H groups in total. The number of carbonyl (C=O) groups is 2. The highest BCUT2D eigenvalue weighted by Crippen LogP contribution is 2.34. The van der Waals surface area contributed by atoms with Crippen LogP contribution in [0.1, 0.15) is 16.7 Å². The number of carbonyl (C=O) groups excluding carboxylic acids is 2. The summed E-state index contributed by atoms with van der Waals surface area (Å²) >= 11 is 8.45. The molecule has 1 aliphatic heterocycles. The lowest BCUT2D eigenvalue weighted by molar-refractivity contribution is -0.123. The first-order valence-electron chi connectivity index (χ1n) is 9.30. The monoisotopic (exact) mass is 462 g/mol. The lowest BCUT2D eigenvalue weighted by atomic mass is 10.1. The van der Waals surface area contributed by atoms with Gasteiger partial charge in [0.1, 0.15) is 0 Å². The molecular weight excluding hydrogens is 448 g/mol. The Bertz CT molecular complexity index is 1220. The summed E-state index contributed by atoms with van der Waals surface area (Å²) in [5.41, 5.74) is 1.94. The van der Waals surface area contributed by atoms with Crippen molar-refractivity contribution in [2.45, 2.75) is 16.3 Å². The topological polar surface area (TPSA) is 61.2 Å². The van der Waals surface area contributed by atoms with Gasteiger partial charge in [-0.25, -0.2) is 0 Å². The summed E-state index contributed by atoms with van der Waals surface area (Å²) < 4.78 is 0. The molecule has 0 aliphatic carbocycles. The summed E-state index contributed by atoms with van der Waals surface area (Å²) in [6.07, 6.45) is 1.72. The number of amides is 2. The molecule has 1 saturated heterocycles. The fourth-order valence-electron chi connectivity index (χ4n) is 3.00. The van der Waals surface area contributed by atoms with E-state index in [-0.39, 0.29) is 17.7 Å². The van der Waals surface area contributed by atoms with Crippen LogP contribution in [0.2, 0.25) is 5.02 Å². The second-order valence-electron chi connectivity index (χ2n) is 6.66. The van der Waals surface area contributed by atoms with Crippen molar-refractivity contribution in [3.63, 3.8) is 0 Å². The number of halogens is 1. The fourth-order valence-corrected chi connectivity index (χ4v) is 4.78. The average Bonchev–Trinajstić information content (AvgIpc) is 3.04. The second-order valence-corrected chi connectivity index (χ2v) is 9.24. The first-order valence-corrected chi connectivity index (χ1v) is 11.3. The molecule has 1 aliphatic rings. The van der Waals surface area contributed by atoms with Gasteiger partial charge in [0.2, 0.25) is 0 Å². The van der Waals surface area contributed by atoms with Crippen molar-refractivity contribution < 1.29 is 9.59 Å². The van der Waals surface area contributed by atoms with Crippen LogP contribution in [0.4, 0.5) is 4.79 Å². The Labute approximate surface area is 193 Å². The van der Waals surface area contributed by atoms with Crippen molar-refractivity contribution in [2.24, 2.45) is 0 Å². The number of benzene rings is 3. The molecule has 7 heteroatoms. The highest BCUT2D eigenvalue weighted by atomic mass is 35.5. The number of imide groups is 1. The summed E-state index contributed by atoms with van der Waals surface area (Å²) in [6, 6.07) is 24.5. The van der Waals surface area contributed by atoms with Gasteiger partial charge in [-0.15, -0.1) is 0 Å². The first-order chi connectivity index (χ1) is 15.0. The van der Waals surface area contributed by atoms with Crippen molar-refractivity contribution in [3.05, 3.63) is 99.4 Å². The lowest BCUT2D eigenvalue weighted by Crippen LogP contribution is -2.27. The molecule has 1 heterocycles. The third kappa shape index (κ3) is 5.02. The molecule has 0 radical (unpaired) electrons. The van der Waals surface area contributed by atoms with E-state index in [1.54, 1.807) is 42.1 Å². The highest BCUT2D eigenvalue weighted by molar-refractivity contribution is 8.18. The molecule has 152 valence electrons. The Hall–Kier alpha value is -2.98. The van der Waals surface area contributed by atoms with Crippen LogP contribution in [-0.2, 0) is 11.3 Å². The van der Waals surface area contributed by atoms with Gasteiger partial charge in [-0.3, -0.25) is 14.5 Å². The van der Waals surface area contributed by atoms with Crippen LogP contribution in [0.15, 0.2) is 87.5 Å². The summed E-state index contributed by atoms with van der Waals surface area (Å²) in [7, 11) is 0. The summed E-state index contributed by atoms with van der Waals surface area (Å²) in [6.45, 7) is 0.0857. The summed E-state index contributed by atoms with van der Waals surface area (Å²) in [5, 5.41) is 9.60. The summed E-state index contributed by atoms with van der Waals surface area (Å²) in [5.74, 6) is -0.345. The van der Waals surface area contributed by atoms with E-state index in [0.717, 1.165) is 27.1 Å². The van der Waals surface area contributed by atoms with Crippen LogP contribution in [0.25, 0.3) is 6.08 Å². The molecule has 4 nitrogen and oxygen atoms in total. The maximum absolute atomic E-state index is 12.8. The Morgan fingerprint density at radius 1 is 0.968 bits per heavy atom.